The second kappa shape index (κ2) is 14.0. The lowest BCUT2D eigenvalue weighted by atomic mass is 9.85. The molecule has 1 fully saturated rings. The van der Waals surface area contributed by atoms with E-state index < -0.39 is 46.1 Å². The molecule has 1 saturated heterocycles. The number of amides is 3. The van der Waals surface area contributed by atoms with Crippen molar-refractivity contribution in [2.45, 2.75) is 84.8 Å². The molecule has 0 bridgehead atoms. The molecular weight excluding hydrogens is 506 g/mol. The van der Waals surface area contributed by atoms with Gasteiger partial charge in [-0.1, -0.05) is 25.6 Å². The quantitative estimate of drug-likeness (QED) is 0.256. The third-order valence-electron chi connectivity index (χ3n) is 5.04. The summed E-state index contributed by atoms with van der Waals surface area (Å²) in [5.41, 5.74) is -1.29. The fraction of sp³-hybridized carbons (Fsp3) is 0.792. The molecule has 0 radical (unpaired) electrons. The van der Waals surface area contributed by atoms with E-state index in [4.69, 9.17) is 14.2 Å². The summed E-state index contributed by atoms with van der Waals surface area (Å²) in [5, 5.41) is 7.30. The average molecular weight is 548 g/mol. The number of esters is 1. The summed E-state index contributed by atoms with van der Waals surface area (Å²) in [6, 6.07) is -1.14. The molecule has 212 valence electrons. The van der Waals surface area contributed by atoms with Crippen molar-refractivity contribution in [3.8, 4) is 0 Å². The zero-order chi connectivity index (χ0) is 28.4. The number of thioether (sulfide) groups is 1. The van der Waals surface area contributed by atoms with E-state index in [0.29, 0.717) is 6.61 Å². The lowest BCUT2D eigenvalue weighted by molar-refractivity contribution is -0.304. The molecule has 2 atom stereocenters. The molecule has 3 amide bonds. The van der Waals surface area contributed by atoms with Crippen molar-refractivity contribution in [2.24, 2.45) is 5.41 Å². The summed E-state index contributed by atoms with van der Waals surface area (Å²) in [6.07, 6.45) is -1.85. The topological polar surface area (TPSA) is 158 Å². The van der Waals surface area contributed by atoms with Crippen LogP contribution in [0.5, 0.6) is 0 Å². The van der Waals surface area contributed by atoms with Crippen molar-refractivity contribution >= 4 is 40.8 Å². The summed E-state index contributed by atoms with van der Waals surface area (Å²) in [4.78, 5) is 61.0. The molecule has 1 rings (SSSR count). The van der Waals surface area contributed by atoms with Gasteiger partial charge in [-0.3, -0.25) is 19.2 Å². The minimum Gasteiger partial charge on any atom is -0.469 e. The van der Waals surface area contributed by atoms with Crippen LogP contribution < -0.4 is 16.0 Å². The number of ether oxygens (including phenoxy) is 4. The summed E-state index contributed by atoms with van der Waals surface area (Å²) in [5.74, 6) is -1.95. The maximum Gasteiger partial charge on any atom is 0.408 e. The highest BCUT2D eigenvalue weighted by atomic mass is 32.2. The smallest absolute Gasteiger partial charge is 0.408 e. The van der Waals surface area contributed by atoms with Gasteiger partial charge in [0.25, 0.3) is 0 Å². The molecule has 1 aliphatic heterocycles. The minimum absolute atomic E-state index is 0.0442. The maximum atomic E-state index is 12.6. The van der Waals surface area contributed by atoms with E-state index in [1.165, 1.54) is 7.11 Å². The third kappa shape index (κ3) is 12.6. The first-order chi connectivity index (χ1) is 17.0. The molecule has 0 aromatic heterocycles. The van der Waals surface area contributed by atoms with E-state index in [2.05, 4.69) is 20.7 Å². The fourth-order valence-corrected chi connectivity index (χ4v) is 3.89. The number of carbonyl (C=O) groups excluding carboxylic acids is 5. The first-order valence-electron chi connectivity index (χ1n) is 12.0. The normalized spacial score (nSPS) is 19.2. The monoisotopic (exact) mass is 547 g/mol. The Morgan fingerprint density at radius 2 is 1.70 bits per heavy atom. The van der Waals surface area contributed by atoms with Gasteiger partial charge in [-0.25, -0.2) is 4.79 Å². The first-order valence-corrected chi connectivity index (χ1v) is 13.0. The molecule has 13 heteroatoms. The Morgan fingerprint density at radius 1 is 1.05 bits per heavy atom. The molecule has 0 aromatic rings. The van der Waals surface area contributed by atoms with Gasteiger partial charge in [-0.15, -0.1) is 0 Å². The van der Waals surface area contributed by atoms with E-state index in [-0.39, 0.29) is 43.5 Å². The molecule has 3 N–H and O–H groups in total. The van der Waals surface area contributed by atoms with Crippen molar-refractivity contribution in [2.75, 3.05) is 32.6 Å². The largest absolute Gasteiger partial charge is 0.469 e. The van der Waals surface area contributed by atoms with E-state index >= 15 is 0 Å². The second-order valence-corrected chi connectivity index (χ2v) is 11.8. The zero-order valence-corrected chi connectivity index (χ0v) is 23.8. The summed E-state index contributed by atoms with van der Waals surface area (Å²) in [7, 11) is 1.18. The molecule has 0 spiro atoms. The predicted molar refractivity (Wildman–Crippen MR) is 137 cm³/mol. The summed E-state index contributed by atoms with van der Waals surface area (Å²) in [6.45, 7) is 12.9. The number of rotatable bonds is 11. The lowest BCUT2D eigenvalue weighted by Crippen LogP contribution is -2.56. The predicted octanol–water partition coefficient (Wildman–Crippen LogP) is 1.50. The van der Waals surface area contributed by atoms with Crippen molar-refractivity contribution in [3.05, 3.63) is 0 Å². The maximum absolute atomic E-state index is 12.6. The average Bonchev–Trinajstić information content (AvgIpc) is 2.76. The molecule has 1 aliphatic rings. The van der Waals surface area contributed by atoms with Crippen LogP contribution in [0.25, 0.3) is 0 Å². The molecule has 0 aromatic carbocycles. The van der Waals surface area contributed by atoms with Gasteiger partial charge in [0.1, 0.15) is 17.7 Å². The van der Waals surface area contributed by atoms with Crippen molar-refractivity contribution < 1.29 is 42.9 Å². The first kappa shape index (κ1) is 32.6. The van der Waals surface area contributed by atoms with Gasteiger partial charge >= 0.3 is 12.1 Å². The van der Waals surface area contributed by atoms with E-state index in [1.54, 1.807) is 34.6 Å². The fourth-order valence-electron chi connectivity index (χ4n) is 3.14. The Labute approximate surface area is 222 Å². The van der Waals surface area contributed by atoms with Crippen LogP contribution in [-0.4, -0.2) is 85.1 Å². The molecule has 12 nitrogen and oxygen atoms in total. The number of alkyl carbamates (subject to hydrolysis) is 1. The van der Waals surface area contributed by atoms with Gasteiger partial charge in [0.15, 0.2) is 5.79 Å². The van der Waals surface area contributed by atoms with Gasteiger partial charge in [0.2, 0.25) is 16.9 Å². The van der Waals surface area contributed by atoms with Crippen LogP contribution in [0.2, 0.25) is 0 Å². The second-order valence-electron chi connectivity index (χ2n) is 10.7. The summed E-state index contributed by atoms with van der Waals surface area (Å²) >= 11 is 0.856. The van der Waals surface area contributed by atoms with E-state index in [1.807, 2.05) is 13.8 Å². The molecule has 1 heterocycles. The minimum atomic E-state index is -1.14. The Morgan fingerprint density at radius 3 is 2.30 bits per heavy atom. The molecule has 37 heavy (non-hydrogen) atoms. The molecule has 0 unspecified atom stereocenters. The highest BCUT2D eigenvalue weighted by Gasteiger charge is 2.45. The van der Waals surface area contributed by atoms with Crippen molar-refractivity contribution in [1.29, 1.82) is 0 Å². The van der Waals surface area contributed by atoms with Crippen LogP contribution in [0.1, 0.15) is 61.3 Å². The van der Waals surface area contributed by atoms with Crippen LogP contribution in [-0.2, 0) is 38.1 Å². The molecule has 0 aliphatic carbocycles. The SMILES string of the molecule is COC(=O)C[C@H](NC(=O)OC(C)(C)C)C(=O)SCCNC(=O)CCNC(=O)[C@@H]1OC(C)(C)OCC1(C)C. The van der Waals surface area contributed by atoms with Crippen molar-refractivity contribution in [1.82, 2.24) is 16.0 Å². The van der Waals surface area contributed by atoms with Crippen LogP contribution in [0.15, 0.2) is 0 Å². The van der Waals surface area contributed by atoms with Gasteiger partial charge < -0.3 is 34.9 Å². The standard InChI is InChI=1S/C24H41N3O9S/c1-22(2,3)36-21(32)27-15(13-17(29)33-8)20(31)37-12-11-25-16(28)9-10-26-19(30)18-23(4,5)14-34-24(6,7)35-18/h15,18H,9-14H2,1-8H3,(H,25,28)(H,26,30)(H,27,32)/t15-,18-/m0/s1. The number of methoxy groups -OCH3 is 1. The Bertz CT molecular complexity index is 840. The Kier molecular flexibility index (Phi) is 12.3. The highest BCUT2D eigenvalue weighted by molar-refractivity contribution is 8.13. The number of hydrogen-bond acceptors (Lipinski definition) is 10. The number of hydrogen-bond donors (Lipinski definition) is 3. The summed E-state index contributed by atoms with van der Waals surface area (Å²) < 4.78 is 21.1. The van der Waals surface area contributed by atoms with E-state index in [9.17, 15) is 24.0 Å². The lowest BCUT2D eigenvalue weighted by Gasteiger charge is -2.44. The van der Waals surface area contributed by atoms with Gasteiger partial charge in [-0.05, 0) is 34.6 Å². The van der Waals surface area contributed by atoms with Gasteiger partial charge in [-0.2, -0.15) is 0 Å². The number of carbonyl (C=O) groups is 5. The molecule has 0 saturated carbocycles. The van der Waals surface area contributed by atoms with Crippen LogP contribution >= 0.6 is 11.8 Å². The van der Waals surface area contributed by atoms with E-state index in [0.717, 1.165) is 11.8 Å². The van der Waals surface area contributed by atoms with Crippen LogP contribution in [0, 0.1) is 5.41 Å². The Balaban J connectivity index is 2.42. The van der Waals surface area contributed by atoms with Crippen LogP contribution in [0.4, 0.5) is 4.79 Å². The van der Waals surface area contributed by atoms with Crippen LogP contribution in [0.3, 0.4) is 0 Å². The molecular formula is C24H41N3O9S. The van der Waals surface area contributed by atoms with Crippen molar-refractivity contribution in [3.63, 3.8) is 0 Å². The zero-order valence-electron chi connectivity index (χ0n) is 23.0. The highest BCUT2D eigenvalue weighted by Crippen LogP contribution is 2.34. The number of nitrogens with one attached hydrogen (secondary N) is 3. The van der Waals surface area contributed by atoms with Gasteiger partial charge in [0, 0.05) is 30.7 Å². The third-order valence-corrected chi connectivity index (χ3v) is 6.01. The van der Waals surface area contributed by atoms with Gasteiger partial charge in [0.05, 0.1) is 20.1 Å². The Hall–Kier alpha value is -2.38.